The summed E-state index contributed by atoms with van der Waals surface area (Å²) in [7, 11) is 0. The van der Waals surface area contributed by atoms with E-state index in [4.69, 9.17) is 5.73 Å². The Morgan fingerprint density at radius 1 is 1.38 bits per heavy atom. The number of nitrogen functional groups attached to an aromatic ring is 1. The van der Waals surface area contributed by atoms with Gasteiger partial charge in [0, 0.05) is 11.8 Å². The summed E-state index contributed by atoms with van der Waals surface area (Å²) in [5.41, 5.74) is 7.34. The van der Waals surface area contributed by atoms with Gasteiger partial charge >= 0.3 is 0 Å². The molecule has 0 aliphatic heterocycles. The van der Waals surface area contributed by atoms with Gasteiger partial charge in [-0.15, -0.1) is 0 Å². The van der Waals surface area contributed by atoms with Gasteiger partial charge in [-0.2, -0.15) is 0 Å². The molecule has 0 bridgehead atoms. The number of anilines is 1. The third-order valence-electron chi connectivity index (χ3n) is 2.28. The number of nitrogens with zero attached hydrogens (tertiary/aromatic N) is 1. The van der Waals surface area contributed by atoms with Crippen LogP contribution in [-0.2, 0) is 0 Å². The molecular weight excluding hydrogens is 203 g/mol. The van der Waals surface area contributed by atoms with Crippen LogP contribution in [-0.4, -0.2) is 12.3 Å². The lowest BCUT2D eigenvalue weighted by Gasteiger charge is -2.03. The van der Waals surface area contributed by atoms with Crippen LogP contribution in [0.4, 0.5) is 10.1 Å². The first-order chi connectivity index (χ1) is 7.66. The van der Waals surface area contributed by atoms with Gasteiger partial charge in [-0.1, -0.05) is 13.8 Å². The summed E-state index contributed by atoms with van der Waals surface area (Å²) in [6, 6.07) is 3.73. The zero-order valence-electron chi connectivity index (χ0n) is 10.1. The number of hydrogen-bond acceptors (Lipinski definition) is 2. The number of rotatable bonds is 2. The average Bonchev–Trinajstić information content (AvgIpc) is 3.08. The second-order valence-electron chi connectivity index (χ2n) is 3.76. The van der Waals surface area contributed by atoms with Gasteiger partial charge in [0.1, 0.15) is 5.82 Å². The van der Waals surface area contributed by atoms with Gasteiger partial charge in [-0.3, -0.25) is 4.99 Å². The highest BCUT2D eigenvalue weighted by molar-refractivity contribution is 5.87. The second kappa shape index (κ2) is 5.64. The number of nitrogens with two attached hydrogens (primary N) is 1. The molecule has 0 radical (unpaired) electrons. The van der Waals surface area contributed by atoms with E-state index in [1.807, 2.05) is 26.8 Å². The van der Waals surface area contributed by atoms with E-state index in [1.54, 1.807) is 6.21 Å². The molecule has 2 nitrogen and oxygen atoms in total. The van der Waals surface area contributed by atoms with Crippen molar-refractivity contribution in [2.75, 3.05) is 5.73 Å². The maximum atomic E-state index is 13.2. The molecule has 1 aliphatic rings. The molecule has 1 saturated carbocycles. The lowest BCUT2D eigenvalue weighted by Crippen LogP contribution is -1.98. The molecule has 2 N–H and O–H groups in total. The van der Waals surface area contributed by atoms with Crippen LogP contribution < -0.4 is 5.73 Å². The van der Waals surface area contributed by atoms with Crippen molar-refractivity contribution in [3.63, 3.8) is 0 Å². The van der Waals surface area contributed by atoms with E-state index >= 15 is 0 Å². The molecule has 1 aromatic carbocycles. The van der Waals surface area contributed by atoms with Crippen molar-refractivity contribution in [3.05, 3.63) is 29.1 Å². The Morgan fingerprint density at radius 3 is 2.56 bits per heavy atom. The van der Waals surface area contributed by atoms with Crippen molar-refractivity contribution in [2.45, 2.75) is 39.7 Å². The standard InChI is InChI=1S/C11H13FN2.C2H6/c1-7-4-8(6-14-9-2-3-9)11(13)10(12)5-7;1-2/h4-6,9H,2-3,13H2,1H3;1-2H3. The molecule has 0 atom stereocenters. The van der Waals surface area contributed by atoms with Crippen molar-refractivity contribution in [1.82, 2.24) is 0 Å². The third kappa shape index (κ3) is 3.33. The van der Waals surface area contributed by atoms with Crippen LogP contribution in [0.25, 0.3) is 0 Å². The molecule has 88 valence electrons. The maximum absolute atomic E-state index is 13.2. The molecule has 0 unspecified atom stereocenters. The Labute approximate surface area is 96.4 Å². The van der Waals surface area contributed by atoms with Crippen LogP contribution in [0.15, 0.2) is 17.1 Å². The van der Waals surface area contributed by atoms with Gasteiger partial charge in [0.25, 0.3) is 0 Å². The molecule has 0 amide bonds. The zero-order chi connectivity index (χ0) is 12.1. The molecule has 1 aromatic rings. The number of halogens is 1. The first-order valence-corrected chi connectivity index (χ1v) is 5.75. The summed E-state index contributed by atoms with van der Waals surface area (Å²) in [5, 5.41) is 0. The highest BCUT2D eigenvalue weighted by atomic mass is 19.1. The molecule has 0 spiro atoms. The molecule has 0 aromatic heterocycles. The molecule has 0 heterocycles. The van der Waals surface area contributed by atoms with Crippen LogP contribution >= 0.6 is 0 Å². The summed E-state index contributed by atoms with van der Waals surface area (Å²) in [5.74, 6) is -0.359. The van der Waals surface area contributed by atoms with E-state index in [-0.39, 0.29) is 11.5 Å². The van der Waals surface area contributed by atoms with E-state index < -0.39 is 0 Å². The van der Waals surface area contributed by atoms with Crippen molar-refractivity contribution in [2.24, 2.45) is 4.99 Å². The van der Waals surface area contributed by atoms with Crippen LogP contribution in [0.1, 0.15) is 37.8 Å². The molecule has 3 heteroatoms. The smallest absolute Gasteiger partial charge is 0.147 e. The summed E-state index contributed by atoms with van der Waals surface area (Å²) in [6.45, 7) is 5.84. The Kier molecular flexibility index (Phi) is 4.47. The minimum Gasteiger partial charge on any atom is -0.396 e. The summed E-state index contributed by atoms with van der Waals surface area (Å²) in [6.07, 6.45) is 3.97. The number of aryl methyl sites for hydroxylation is 1. The third-order valence-corrected chi connectivity index (χ3v) is 2.28. The van der Waals surface area contributed by atoms with Crippen LogP contribution in [0, 0.1) is 12.7 Å². The molecule has 0 saturated heterocycles. The Hall–Kier alpha value is -1.38. The fourth-order valence-corrected chi connectivity index (χ4v) is 1.30. The van der Waals surface area contributed by atoms with Crippen molar-refractivity contribution in [3.8, 4) is 0 Å². The first-order valence-electron chi connectivity index (χ1n) is 5.75. The predicted octanol–water partition coefficient (Wildman–Crippen LogP) is 3.32. The van der Waals surface area contributed by atoms with Gasteiger partial charge in [-0.05, 0) is 37.5 Å². The SMILES string of the molecule is CC.Cc1cc(F)c(N)c(C=NC2CC2)c1. The fourth-order valence-electron chi connectivity index (χ4n) is 1.30. The normalized spacial score (nSPS) is 14.8. The predicted molar refractivity (Wildman–Crippen MR) is 67.5 cm³/mol. The first kappa shape index (κ1) is 12.7. The lowest BCUT2D eigenvalue weighted by atomic mass is 10.1. The van der Waals surface area contributed by atoms with Gasteiger partial charge in [0.2, 0.25) is 0 Å². The monoisotopic (exact) mass is 222 g/mol. The van der Waals surface area contributed by atoms with Gasteiger partial charge in [-0.25, -0.2) is 4.39 Å². The zero-order valence-corrected chi connectivity index (χ0v) is 10.1. The van der Waals surface area contributed by atoms with Gasteiger partial charge in [0.05, 0.1) is 11.7 Å². The molecule has 2 rings (SSSR count). The Morgan fingerprint density at radius 2 is 2.00 bits per heavy atom. The number of benzene rings is 1. The van der Waals surface area contributed by atoms with E-state index in [0.29, 0.717) is 11.6 Å². The van der Waals surface area contributed by atoms with E-state index in [9.17, 15) is 4.39 Å². The Bertz CT molecular complexity index is 382. The van der Waals surface area contributed by atoms with Crippen molar-refractivity contribution < 1.29 is 4.39 Å². The highest BCUT2D eigenvalue weighted by Gasteiger charge is 2.19. The summed E-state index contributed by atoms with van der Waals surface area (Å²) in [4.78, 5) is 4.28. The maximum Gasteiger partial charge on any atom is 0.147 e. The quantitative estimate of drug-likeness (QED) is 0.605. The second-order valence-corrected chi connectivity index (χ2v) is 3.76. The summed E-state index contributed by atoms with van der Waals surface area (Å²) >= 11 is 0. The number of hydrogen-bond donors (Lipinski definition) is 1. The van der Waals surface area contributed by atoms with E-state index in [0.717, 1.165) is 18.4 Å². The molecule has 1 fully saturated rings. The van der Waals surface area contributed by atoms with Gasteiger partial charge < -0.3 is 5.73 Å². The van der Waals surface area contributed by atoms with Gasteiger partial charge in [0.15, 0.2) is 0 Å². The van der Waals surface area contributed by atoms with Crippen LogP contribution in [0.3, 0.4) is 0 Å². The minimum absolute atomic E-state index is 0.194. The van der Waals surface area contributed by atoms with Crippen molar-refractivity contribution in [1.29, 1.82) is 0 Å². The minimum atomic E-state index is -0.359. The van der Waals surface area contributed by atoms with E-state index in [2.05, 4.69) is 4.99 Å². The average molecular weight is 222 g/mol. The molecule has 1 aliphatic carbocycles. The van der Waals surface area contributed by atoms with E-state index in [1.165, 1.54) is 6.07 Å². The lowest BCUT2D eigenvalue weighted by molar-refractivity contribution is 0.631. The summed E-state index contributed by atoms with van der Waals surface area (Å²) < 4.78 is 13.2. The molecular formula is C13H19FN2. The van der Waals surface area contributed by atoms with Crippen molar-refractivity contribution >= 4 is 11.9 Å². The van der Waals surface area contributed by atoms with Crippen LogP contribution in [0.5, 0.6) is 0 Å². The Balaban J connectivity index is 0.000000606. The van der Waals surface area contributed by atoms with Crippen LogP contribution in [0.2, 0.25) is 0 Å². The highest BCUT2D eigenvalue weighted by Crippen LogP contribution is 2.24. The number of aliphatic imine (C=N–C) groups is 1. The largest absolute Gasteiger partial charge is 0.396 e. The fraction of sp³-hybridized carbons (Fsp3) is 0.462. The topological polar surface area (TPSA) is 38.4 Å². The molecule has 16 heavy (non-hydrogen) atoms.